The maximum atomic E-state index is 11.0. The fourth-order valence-electron chi connectivity index (χ4n) is 2.04. The normalized spacial score (nSPS) is 31.3. The predicted octanol–water partition coefficient (Wildman–Crippen LogP) is 0.870. The van der Waals surface area contributed by atoms with Crippen LogP contribution in [0.1, 0.15) is 19.8 Å². The Kier molecular flexibility index (Phi) is 2.60. The zero-order valence-electron chi connectivity index (χ0n) is 8.99. The molecule has 1 saturated heterocycles. The molecule has 0 amide bonds. The monoisotopic (exact) mass is 261 g/mol. The van der Waals surface area contributed by atoms with E-state index in [1.54, 1.807) is 0 Å². The number of nitrogens with zero attached hydrogens (tertiary/aromatic N) is 1. The van der Waals surface area contributed by atoms with Gasteiger partial charge in [0.2, 0.25) is 6.10 Å². The summed E-state index contributed by atoms with van der Waals surface area (Å²) in [6, 6.07) is 0. The lowest BCUT2D eigenvalue weighted by atomic mass is 9.95. The highest BCUT2D eigenvalue weighted by molar-refractivity contribution is 7.89. The van der Waals surface area contributed by atoms with Crippen LogP contribution in [-0.4, -0.2) is 29.7 Å². The second kappa shape index (κ2) is 3.62. The summed E-state index contributed by atoms with van der Waals surface area (Å²) in [7, 11) is -4.46. The number of rotatable bonds is 4. The van der Waals surface area contributed by atoms with Crippen molar-refractivity contribution in [2.45, 2.75) is 31.6 Å². The van der Waals surface area contributed by atoms with Crippen LogP contribution in [0.2, 0.25) is 0 Å². The number of nitro groups is 1. The molecule has 1 N–H and O–H groups in total. The van der Waals surface area contributed by atoms with Crippen LogP contribution in [0, 0.1) is 10.1 Å². The summed E-state index contributed by atoms with van der Waals surface area (Å²) in [5, 5.41) is 11.0. The maximum Gasteiger partial charge on any atom is 0.380 e. The van der Waals surface area contributed by atoms with Gasteiger partial charge in [-0.1, -0.05) is 19.4 Å². The molecule has 94 valence electrons. The summed E-state index contributed by atoms with van der Waals surface area (Å²) in [6.07, 6.45) is 2.46. The van der Waals surface area contributed by atoms with Crippen molar-refractivity contribution in [2.75, 3.05) is 0 Å². The topological polar surface area (TPSA) is 110 Å². The van der Waals surface area contributed by atoms with Gasteiger partial charge in [-0.15, -0.1) is 0 Å². The fourth-order valence-corrected chi connectivity index (χ4v) is 2.76. The highest BCUT2D eigenvalue weighted by Gasteiger charge is 2.75. The summed E-state index contributed by atoms with van der Waals surface area (Å²) < 4.78 is 35.9. The number of epoxide rings is 1. The van der Waals surface area contributed by atoms with E-state index in [1.165, 1.54) is 12.2 Å². The molecule has 2 aliphatic rings. The van der Waals surface area contributed by atoms with E-state index in [4.69, 9.17) is 9.29 Å². The third kappa shape index (κ3) is 1.68. The van der Waals surface area contributed by atoms with Crippen LogP contribution in [-0.2, 0) is 14.9 Å². The van der Waals surface area contributed by atoms with Crippen molar-refractivity contribution >= 4 is 10.1 Å². The van der Waals surface area contributed by atoms with Crippen LogP contribution in [0.25, 0.3) is 0 Å². The van der Waals surface area contributed by atoms with Gasteiger partial charge in [-0.05, 0) is 12.5 Å². The molecule has 2 atom stereocenters. The highest BCUT2D eigenvalue weighted by Crippen LogP contribution is 2.52. The number of fused-ring (bicyclic) bond motifs is 1. The molecule has 1 heterocycles. The molecule has 0 aromatic carbocycles. The van der Waals surface area contributed by atoms with Gasteiger partial charge in [0.25, 0.3) is 10.1 Å². The lowest BCUT2D eigenvalue weighted by Gasteiger charge is -2.12. The Morgan fingerprint density at radius 1 is 1.59 bits per heavy atom. The van der Waals surface area contributed by atoms with Crippen LogP contribution in [0.5, 0.6) is 0 Å². The summed E-state index contributed by atoms with van der Waals surface area (Å²) in [5.41, 5.74) is -1.35. The first kappa shape index (κ1) is 12.2. The minimum atomic E-state index is -4.46. The maximum absolute atomic E-state index is 11.0. The Labute approximate surface area is 97.7 Å². The zero-order valence-corrected chi connectivity index (χ0v) is 9.81. The molecule has 8 heteroatoms. The molecule has 0 spiro atoms. The van der Waals surface area contributed by atoms with E-state index in [2.05, 4.69) is 0 Å². The van der Waals surface area contributed by atoms with E-state index in [0.717, 1.165) is 0 Å². The van der Waals surface area contributed by atoms with E-state index >= 15 is 0 Å². The first-order valence-electron chi connectivity index (χ1n) is 5.05. The van der Waals surface area contributed by atoms with Crippen molar-refractivity contribution in [3.63, 3.8) is 0 Å². The van der Waals surface area contributed by atoms with E-state index in [1.807, 2.05) is 6.92 Å². The van der Waals surface area contributed by atoms with Gasteiger partial charge in [0.15, 0.2) is 0 Å². The third-order valence-corrected chi connectivity index (χ3v) is 3.80. The van der Waals surface area contributed by atoms with Crippen molar-refractivity contribution in [1.82, 2.24) is 0 Å². The van der Waals surface area contributed by atoms with Gasteiger partial charge < -0.3 is 0 Å². The number of hydrogen-bond acceptors (Lipinski definition) is 5. The summed E-state index contributed by atoms with van der Waals surface area (Å²) in [5.74, 6) is 0. The Hall–Kier alpha value is -1.25. The molecule has 7 nitrogen and oxygen atoms in total. The molecular formula is C9H11NO6S. The van der Waals surface area contributed by atoms with Gasteiger partial charge in [-0.3, -0.25) is 19.4 Å². The molecule has 1 unspecified atom stereocenters. The van der Waals surface area contributed by atoms with Gasteiger partial charge in [0.05, 0.1) is 4.92 Å². The second-order valence-electron chi connectivity index (χ2n) is 3.94. The third-order valence-electron chi connectivity index (χ3n) is 2.85. The number of ether oxygens (including phenoxy) is 1. The smallest absolute Gasteiger partial charge is 0.289 e. The Bertz CT molecular complexity index is 534. The molecule has 0 saturated carbocycles. The van der Waals surface area contributed by atoms with Crippen molar-refractivity contribution < 1.29 is 22.6 Å². The second-order valence-corrected chi connectivity index (χ2v) is 5.36. The molecule has 0 aromatic rings. The van der Waals surface area contributed by atoms with E-state index in [0.29, 0.717) is 18.4 Å². The van der Waals surface area contributed by atoms with Crippen molar-refractivity contribution in [3.8, 4) is 0 Å². The first-order chi connectivity index (χ1) is 7.84. The average Bonchev–Trinajstić information content (AvgIpc) is 2.92. The lowest BCUT2D eigenvalue weighted by Crippen LogP contribution is -2.32. The summed E-state index contributed by atoms with van der Waals surface area (Å²) in [4.78, 5) is 9.92. The van der Waals surface area contributed by atoms with Crippen molar-refractivity contribution in [1.29, 1.82) is 0 Å². The first-order valence-corrected chi connectivity index (χ1v) is 6.49. The van der Waals surface area contributed by atoms with Crippen molar-refractivity contribution in [2.24, 2.45) is 0 Å². The van der Waals surface area contributed by atoms with Crippen LogP contribution in [0.4, 0.5) is 0 Å². The summed E-state index contributed by atoms with van der Waals surface area (Å²) >= 11 is 0. The molecule has 2 rings (SSSR count). The van der Waals surface area contributed by atoms with E-state index in [9.17, 15) is 18.5 Å². The number of allylic oxidation sites excluding steroid dienone is 2. The van der Waals surface area contributed by atoms with Crippen LogP contribution >= 0.6 is 0 Å². The Morgan fingerprint density at radius 3 is 2.71 bits per heavy atom. The van der Waals surface area contributed by atoms with Crippen LogP contribution < -0.4 is 0 Å². The van der Waals surface area contributed by atoms with Crippen molar-refractivity contribution in [3.05, 3.63) is 32.7 Å². The Morgan fingerprint density at radius 2 is 2.24 bits per heavy atom. The lowest BCUT2D eigenvalue weighted by molar-refractivity contribution is -0.551. The standard InChI is InChI=1S/C9H11NO6S/c1-2-3-6-4-5-7(17(13,14)15)8-9(6,16-8)10(11)12/h4-5,8H,2-3H2,1H3,(H,13,14,15)/t8-,9?/m1/s1. The largest absolute Gasteiger partial charge is 0.380 e. The van der Waals surface area contributed by atoms with Gasteiger partial charge in [-0.25, -0.2) is 0 Å². The molecule has 17 heavy (non-hydrogen) atoms. The van der Waals surface area contributed by atoms with Crippen LogP contribution in [0.3, 0.4) is 0 Å². The van der Waals surface area contributed by atoms with Gasteiger partial charge in [0.1, 0.15) is 4.91 Å². The number of hydrogen-bond donors (Lipinski definition) is 1. The molecule has 1 fully saturated rings. The molecule has 0 radical (unpaired) electrons. The van der Waals surface area contributed by atoms with Gasteiger partial charge in [0, 0.05) is 5.57 Å². The minimum Gasteiger partial charge on any atom is -0.289 e. The van der Waals surface area contributed by atoms with E-state index in [-0.39, 0.29) is 0 Å². The molecular weight excluding hydrogens is 250 g/mol. The SMILES string of the molecule is CCCC1=CC=C(S(=O)(=O)O)[C@H]2OC12[N+](=O)[O-]. The van der Waals surface area contributed by atoms with Gasteiger partial charge >= 0.3 is 5.72 Å². The summed E-state index contributed by atoms with van der Waals surface area (Å²) in [6.45, 7) is 1.86. The quantitative estimate of drug-likeness (QED) is 0.348. The average molecular weight is 261 g/mol. The molecule has 0 aromatic heterocycles. The van der Waals surface area contributed by atoms with Crippen LogP contribution in [0.15, 0.2) is 22.6 Å². The predicted molar refractivity (Wildman–Crippen MR) is 57.2 cm³/mol. The minimum absolute atomic E-state index is 0.433. The zero-order chi connectivity index (χ0) is 12.8. The Balaban J connectivity index is 2.46. The molecule has 0 bridgehead atoms. The fraction of sp³-hybridized carbons (Fsp3) is 0.556. The van der Waals surface area contributed by atoms with Gasteiger partial charge in [-0.2, -0.15) is 8.42 Å². The molecule has 1 aliphatic carbocycles. The molecule has 1 aliphatic heterocycles. The van der Waals surface area contributed by atoms with E-state index < -0.39 is 31.8 Å². The highest BCUT2D eigenvalue weighted by atomic mass is 32.2.